The number of ether oxygens (including phenoxy) is 6. The highest BCUT2D eigenvalue weighted by atomic mass is 16.5. The van der Waals surface area contributed by atoms with Gasteiger partial charge in [0.2, 0.25) is 0 Å². The van der Waals surface area contributed by atoms with Crippen molar-refractivity contribution in [3.05, 3.63) is 100 Å². The number of benzene rings is 4. The number of hydrogen-bond donors (Lipinski definition) is 0. The lowest BCUT2D eigenvalue weighted by molar-refractivity contribution is 0.227. The molecule has 8 nitrogen and oxygen atoms in total. The molecular formula is C39H46N2O6. The van der Waals surface area contributed by atoms with Gasteiger partial charge in [0.25, 0.3) is 0 Å². The molecule has 2 heterocycles. The van der Waals surface area contributed by atoms with E-state index in [0.717, 1.165) is 67.5 Å². The van der Waals surface area contributed by atoms with Crippen molar-refractivity contribution in [2.24, 2.45) is 0 Å². The van der Waals surface area contributed by atoms with E-state index >= 15 is 0 Å². The van der Waals surface area contributed by atoms with Crippen molar-refractivity contribution >= 4 is 0 Å². The molecule has 6 rings (SSSR count). The number of hydrogen-bond acceptors (Lipinski definition) is 8. The number of nitrogens with zero attached hydrogens (tertiary/aromatic N) is 2. The molecule has 0 aliphatic carbocycles. The van der Waals surface area contributed by atoms with Crippen molar-refractivity contribution in [1.29, 1.82) is 0 Å². The number of rotatable bonds is 11. The molecule has 47 heavy (non-hydrogen) atoms. The minimum atomic E-state index is 0.209. The average molecular weight is 639 g/mol. The largest absolute Gasteiger partial charge is 0.493 e. The highest BCUT2D eigenvalue weighted by molar-refractivity contribution is 5.52. The third kappa shape index (κ3) is 6.71. The van der Waals surface area contributed by atoms with Gasteiger partial charge in [-0.25, -0.2) is 0 Å². The molecule has 0 fully saturated rings. The van der Waals surface area contributed by atoms with E-state index in [1.807, 2.05) is 18.2 Å². The maximum Gasteiger partial charge on any atom is 0.169 e. The molecule has 0 amide bonds. The van der Waals surface area contributed by atoms with Crippen LogP contribution in [0.1, 0.15) is 45.5 Å². The Bertz CT molecular complexity index is 1710. The molecule has 248 valence electrons. The Morgan fingerprint density at radius 2 is 0.936 bits per heavy atom. The van der Waals surface area contributed by atoms with Crippen LogP contribution in [0.4, 0.5) is 0 Å². The Morgan fingerprint density at radius 1 is 0.511 bits per heavy atom. The molecule has 0 bridgehead atoms. The maximum absolute atomic E-state index is 6.35. The lowest BCUT2D eigenvalue weighted by Gasteiger charge is -2.35. The van der Waals surface area contributed by atoms with Crippen molar-refractivity contribution in [3.63, 3.8) is 0 Å². The highest BCUT2D eigenvalue weighted by Crippen LogP contribution is 2.41. The predicted octanol–water partition coefficient (Wildman–Crippen LogP) is 7.07. The van der Waals surface area contributed by atoms with Gasteiger partial charge >= 0.3 is 0 Å². The molecule has 0 N–H and O–H groups in total. The van der Waals surface area contributed by atoms with E-state index in [4.69, 9.17) is 28.4 Å². The summed E-state index contributed by atoms with van der Waals surface area (Å²) in [5, 5.41) is 0. The third-order valence-electron chi connectivity index (χ3n) is 9.78. The van der Waals surface area contributed by atoms with Crippen molar-refractivity contribution in [2.45, 2.75) is 37.8 Å². The molecule has 2 aliphatic heterocycles. The van der Waals surface area contributed by atoms with Crippen LogP contribution in [0.3, 0.4) is 0 Å². The fourth-order valence-electron chi connectivity index (χ4n) is 7.03. The van der Waals surface area contributed by atoms with Crippen molar-refractivity contribution in [1.82, 2.24) is 9.80 Å². The minimum absolute atomic E-state index is 0.209. The van der Waals surface area contributed by atoms with Gasteiger partial charge in [-0.1, -0.05) is 18.2 Å². The monoisotopic (exact) mass is 638 g/mol. The van der Waals surface area contributed by atoms with E-state index in [-0.39, 0.29) is 12.1 Å². The van der Waals surface area contributed by atoms with Crippen molar-refractivity contribution in [3.8, 4) is 40.2 Å². The van der Waals surface area contributed by atoms with Crippen LogP contribution in [0.5, 0.6) is 40.2 Å². The summed E-state index contributed by atoms with van der Waals surface area (Å²) in [6.45, 7) is 1.98. The van der Waals surface area contributed by atoms with E-state index in [1.165, 1.54) is 33.4 Å². The lowest BCUT2D eigenvalue weighted by atomic mass is 9.88. The second kappa shape index (κ2) is 14.2. The lowest BCUT2D eigenvalue weighted by Crippen LogP contribution is -2.33. The van der Waals surface area contributed by atoms with Gasteiger partial charge in [-0.05, 0) is 122 Å². The quantitative estimate of drug-likeness (QED) is 0.173. The standard InChI is InChI=1S/C39H46N2O6/c1-40-16-14-27-21-36(43-4)38(45-6)23-30(27)32(40)18-25-8-11-29(12-9-25)47-34-13-10-26(20-35(34)42-3)19-33-31-24-39(46-7)37(44-5)22-28(31)15-17-41(33)2/h8-13,20-24,32-33H,14-19H2,1-7H3. The Morgan fingerprint density at radius 3 is 1.43 bits per heavy atom. The van der Waals surface area contributed by atoms with Crippen LogP contribution >= 0.6 is 0 Å². The molecule has 2 atom stereocenters. The first-order chi connectivity index (χ1) is 22.8. The number of likely N-dealkylation sites (N-methyl/N-ethyl adjacent to an activating group) is 2. The average Bonchev–Trinajstić information content (AvgIpc) is 3.10. The molecule has 0 saturated heterocycles. The molecule has 0 spiro atoms. The van der Waals surface area contributed by atoms with Gasteiger partial charge < -0.3 is 28.4 Å². The summed E-state index contributed by atoms with van der Waals surface area (Å²) in [6.07, 6.45) is 3.69. The van der Waals surface area contributed by atoms with Crippen LogP contribution in [0.2, 0.25) is 0 Å². The molecule has 0 saturated carbocycles. The molecular weight excluding hydrogens is 592 g/mol. The zero-order valence-electron chi connectivity index (χ0n) is 28.6. The summed E-state index contributed by atoms with van der Waals surface area (Å²) in [5.74, 6) is 5.26. The molecule has 8 heteroatoms. The summed E-state index contributed by atoms with van der Waals surface area (Å²) < 4.78 is 34.6. The topological polar surface area (TPSA) is 61.9 Å². The first kappa shape index (κ1) is 32.5. The van der Waals surface area contributed by atoms with E-state index in [1.54, 1.807) is 35.5 Å². The smallest absolute Gasteiger partial charge is 0.169 e. The Kier molecular flexibility index (Phi) is 9.80. The number of methoxy groups -OCH3 is 5. The van der Waals surface area contributed by atoms with Crippen LogP contribution in [0, 0.1) is 0 Å². The summed E-state index contributed by atoms with van der Waals surface area (Å²) in [6, 6.07) is 23.6. The predicted molar refractivity (Wildman–Crippen MR) is 184 cm³/mol. The summed E-state index contributed by atoms with van der Waals surface area (Å²) in [4.78, 5) is 4.83. The van der Waals surface area contributed by atoms with Gasteiger partial charge in [0.05, 0.1) is 35.5 Å². The summed E-state index contributed by atoms with van der Waals surface area (Å²) in [7, 11) is 12.8. The van der Waals surface area contributed by atoms with Crippen LogP contribution < -0.4 is 28.4 Å². The molecule has 0 radical (unpaired) electrons. The van der Waals surface area contributed by atoms with Crippen molar-refractivity contribution < 1.29 is 28.4 Å². The Labute approximate surface area is 278 Å². The van der Waals surface area contributed by atoms with Crippen LogP contribution in [-0.4, -0.2) is 72.5 Å². The Hall–Kier alpha value is -4.40. The van der Waals surface area contributed by atoms with Crippen molar-refractivity contribution in [2.75, 3.05) is 62.7 Å². The second-order valence-electron chi connectivity index (χ2n) is 12.4. The van der Waals surface area contributed by atoms with Gasteiger partial charge in [-0.3, -0.25) is 9.80 Å². The maximum atomic E-state index is 6.35. The van der Waals surface area contributed by atoms with Gasteiger partial charge in [-0.15, -0.1) is 0 Å². The SMILES string of the molecule is COc1cc2c(cc1OC)C(Cc1ccc(Oc3ccc(CC4c5cc(OC)c(OC)cc5CCN4C)cc3OC)cc1)N(C)CC2. The first-order valence-electron chi connectivity index (χ1n) is 16.2. The summed E-state index contributed by atoms with van der Waals surface area (Å²) in [5.41, 5.74) is 7.61. The second-order valence-corrected chi connectivity index (χ2v) is 12.4. The fraction of sp³-hybridized carbons (Fsp3) is 0.385. The van der Waals surface area contributed by atoms with Crippen LogP contribution in [0.15, 0.2) is 66.7 Å². The molecule has 0 aromatic heterocycles. The fourth-order valence-corrected chi connectivity index (χ4v) is 7.03. The van der Waals surface area contributed by atoms with E-state index in [0.29, 0.717) is 11.5 Å². The van der Waals surface area contributed by atoms with E-state index < -0.39 is 0 Å². The molecule has 4 aromatic carbocycles. The minimum Gasteiger partial charge on any atom is -0.493 e. The van der Waals surface area contributed by atoms with Crippen LogP contribution in [-0.2, 0) is 25.7 Å². The molecule has 2 aliphatic rings. The molecule has 2 unspecified atom stereocenters. The van der Waals surface area contributed by atoms with Gasteiger partial charge in [0.15, 0.2) is 34.5 Å². The normalized spacial score (nSPS) is 17.8. The summed E-state index contributed by atoms with van der Waals surface area (Å²) >= 11 is 0. The van der Waals surface area contributed by atoms with Gasteiger partial charge in [-0.2, -0.15) is 0 Å². The number of fused-ring (bicyclic) bond motifs is 2. The van der Waals surface area contributed by atoms with E-state index in [2.05, 4.69) is 72.4 Å². The highest BCUT2D eigenvalue weighted by Gasteiger charge is 2.29. The van der Waals surface area contributed by atoms with Gasteiger partial charge in [0, 0.05) is 25.2 Å². The first-order valence-corrected chi connectivity index (χ1v) is 16.2. The third-order valence-corrected chi connectivity index (χ3v) is 9.78. The Balaban J connectivity index is 1.17. The van der Waals surface area contributed by atoms with Crippen LogP contribution in [0.25, 0.3) is 0 Å². The van der Waals surface area contributed by atoms with Gasteiger partial charge in [0.1, 0.15) is 5.75 Å². The zero-order valence-corrected chi connectivity index (χ0v) is 28.6. The zero-order chi connectivity index (χ0) is 33.1. The molecule has 4 aromatic rings. The van der Waals surface area contributed by atoms with E-state index in [9.17, 15) is 0 Å².